The molecule has 0 saturated carbocycles. The third-order valence-electron chi connectivity index (χ3n) is 3.25. The van der Waals surface area contributed by atoms with Gasteiger partial charge in [-0.3, -0.25) is 4.79 Å². The summed E-state index contributed by atoms with van der Waals surface area (Å²) in [6.45, 7) is 7.76. The summed E-state index contributed by atoms with van der Waals surface area (Å²) in [6.07, 6.45) is 7.95. The summed E-state index contributed by atoms with van der Waals surface area (Å²) in [6, 6.07) is 0.295. The van der Waals surface area contributed by atoms with Crippen molar-refractivity contribution in [3.05, 3.63) is 0 Å². The molecule has 0 rings (SSSR count). The van der Waals surface area contributed by atoms with Crippen molar-refractivity contribution in [1.82, 2.24) is 4.90 Å². The minimum Gasteiger partial charge on any atom is -0.343 e. The van der Waals surface area contributed by atoms with E-state index < -0.39 is 0 Å². The molecule has 3 heteroatoms. The van der Waals surface area contributed by atoms with Crippen molar-refractivity contribution in [1.29, 1.82) is 0 Å². The number of rotatable bonds is 10. The average molecular weight is 242 g/mol. The Kier molecular flexibility index (Phi) is 10.2. The minimum atomic E-state index is 0.201. The molecule has 17 heavy (non-hydrogen) atoms. The summed E-state index contributed by atoms with van der Waals surface area (Å²) in [5, 5.41) is 0. The molecule has 2 N–H and O–H groups in total. The SMILES string of the molecule is CCCCCCN(CCCC(N)CC)C(C)=O. The zero-order valence-electron chi connectivity index (χ0n) is 11.9. The largest absolute Gasteiger partial charge is 0.343 e. The molecule has 102 valence electrons. The van der Waals surface area contributed by atoms with E-state index in [9.17, 15) is 4.79 Å². The lowest BCUT2D eigenvalue weighted by Gasteiger charge is -2.21. The van der Waals surface area contributed by atoms with Crippen LogP contribution in [0.2, 0.25) is 0 Å². The van der Waals surface area contributed by atoms with E-state index in [-0.39, 0.29) is 5.91 Å². The summed E-state index contributed by atoms with van der Waals surface area (Å²) in [4.78, 5) is 13.4. The van der Waals surface area contributed by atoms with E-state index in [2.05, 4.69) is 13.8 Å². The predicted molar refractivity (Wildman–Crippen MR) is 73.9 cm³/mol. The Hall–Kier alpha value is -0.570. The molecule has 0 saturated heterocycles. The molecule has 3 nitrogen and oxygen atoms in total. The molecule has 0 fully saturated rings. The third-order valence-corrected chi connectivity index (χ3v) is 3.25. The third kappa shape index (κ3) is 9.16. The van der Waals surface area contributed by atoms with E-state index in [1.54, 1.807) is 6.92 Å². The summed E-state index contributed by atoms with van der Waals surface area (Å²) in [5.41, 5.74) is 5.87. The van der Waals surface area contributed by atoms with Crippen LogP contribution in [0.1, 0.15) is 65.7 Å². The van der Waals surface area contributed by atoms with Crippen molar-refractivity contribution < 1.29 is 4.79 Å². The maximum absolute atomic E-state index is 11.4. The highest BCUT2D eigenvalue weighted by molar-refractivity contribution is 5.73. The van der Waals surface area contributed by atoms with Crippen LogP contribution in [0.3, 0.4) is 0 Å². The number of hydrogen-bond donors (Lipinski definition) is 1. The molecule has 0 aliphatic heterocycles. The first-order valence-corrected chi connectivity index (χ1v) is 7.12. The highest BCUT2D eigenvalue weighted by Gasteiger charge is 2.08. The van der Waals surface area contributed by atoms with E-state index in [0.717, 1.165) is 38.8 Å². The summed E-state index contributed by atoms with van der Waals surface area (Å²) in [5.74, 6) is 0.201. The first-order chi connectivity index (χ1) is 8.11. The summed E-state index contributed by atoms with van der Waals surface area (Å²) >= 11 is 0. The fourth-order valence-electron chi connectivity index (χ4n) is 1.90. The number of nitrogens with two attached hydrogens (primary N) is 1. The van der Waals surface area contributed by atoms with Crippen molar-refractivity contribution in [2.45, 2.75) is 71.8 Å². The molecule has 0 aromatic carbocycles. The quantitative estimate of drug-likeness (QED) is 0.599. The topological polar surface area (TPSA) is 46.3 Å². The van der Waals surface area contributed by atoms with Crippen LogP contribution in [0.5, 0.6) is 0 Å². The van der Waals surface area contributed by atoms with Crippen molar-refractivity contribution >= 4 is 5.91 Å². The second kappa shape index (κ2) is 10.6. The number of amides is 1. The van der Waals surface area contributed by atoms with Gasteiger partial charge in [0.1, 0.15) is 0 Å². The van der Waals surface area contributed by atoms with E-state index in [1.807, 2.05) is 4.90 Å². The molecule has 0 aromatic heterocycles. The van der Waals surface area contributed by atoms with Crippen LogP contribution < -0.4 is 5.73 Å². The van der Waals surface area contributed by atoms with Gasteiger partial charge >= 0.3 is 0 Å². The first-order valence-electron chi connectivity index (χ1n) is 7.12. The van der Waals surface area contributed by atoms with Crippen LogP contribution in [0, 0.1) is 0 Å². The molecule has 1 unspecified atom stereocenters. The van der Waals surface area contributed by atoms with E-state index in [0.29, 0.717) is 6.04 Å². The molecule has 0 heterocycles. The van der Waals surface area contributed by atoms with E-state index in [1.165, 1.54) is 19.3 Å². The predicted octanol–water partition coefficient (Wildman–Crippen LogP) is 2.93. The van der Waals surface area contributed by atoms with Gasteiger partial charge in [-0.1, -0.05) is 33.1 Å². The lowest BCUT2D eigenvalue weighted by molar-refractivity contribution is -0.129. The van der Waals surface area contributed by atoms with Crippen molar-refractivity contribution in [3.63, 3.8) is 0 Å². The lowest BCUT2D eigenvalue weighted by Crippen LogP contribution is -2.32. The highest BCUT2D eigenvalue weighted by atomic mass is 16.2. The molecular weight excluding hydrogens is 212 g/mol. The second-order valence-electron chi connectivity index (χ2n) is 4.88. The first kappa shape index (κ1) is 16.4. The van der Waals surface area contributed by atoms with Crippen LogP contribution >= 0.6 is 0 Å². The van der Waals surface area contributed by atoms with E-state index in [4.69, 9.17) is 5.73 Å². The average Bonchev–Trinajstić information content (AvgIpc) is 2.31. The zero-order valence-corrected chi connectivity index (χ0v) is 11.9. The van der Waals surface area contributed by atoms with Gasteiger partial charge in [-0.05, 0) is 25.7 Å². The van der Waals surface area contributed by atoms with Gasteiger partial charge in [-0.2, -0.15) is 0 Å². The molecule has 0 bridgehead atoms. The van der Waals surface area contributed by atoms with Gasteiger partial charge < -0.3 is 10.6 Å². The van der Waals surface area contributed by atoms with E-state index >= 15 is 0 Å². The Morgan fingerprint density at radius 2 is 1.76 bits per heavy atom. The van der Waals surface area contributed by atoms with Crippen LogP contribution in [-0.2, 0) is 4.79 Å². The molecule has 0 spiro atoms. The van der Waals surface area contributed by atoms with Crippen molar-refractivity contribution in [2.75, 3.05) is 13.1 Å². The highest BCUT2D eigenvalue weighted by Crippen LogP contribution is 2.05. The van der Waals surface area contributed by atoms with Crippen LogP contribution in [-0.4, -0.2) is 29.9 Å². The van der Waals surface area contributed by atoms with Gasteiger partial charge in [0, 0.05) is 26.1 Å². The minimum absolute atomic E-state index is 0.201. The normalized spacial score (nSPS) is 12.5. The fourth-order valence-corrected chi connectivity index (χ4v) is 1.90. The zero-order chi connectivity index (χ0) is 13.1. The van der Waals surface area contributed by atoms with Gasteiger partial charge in [-0.15, -0.1) is 0 Å². The summed E-state index contributed by atoms with van der Waals surface area (Å²) in [7, 11) is 0. The molecule has 0 aliphatic rings. The molecule has 0 radical (unpaired) electrons. The molecule has 0 aromatic rings. The number of hydrogen-bond acceptors (Lipinski definition) is 2. The van der Waals surface area contributed by atoms with Crippen LogP contribution in [0.4, 0.5) is 0 Å². The Labute approximate surface area is 107 Å². The van der Waals surface area contributed by atoms with Crippen molar-refractivity contribution in [3.8, 4) is 0 Å². The maximum Gasteiger partial charge on any atom is 0.219 e. The maximum atomic E-state index is 11.4. The summed E-state index contributed by atoms with van der Waals surface area (Å²) < 4.78 is 0. The number of nitrogens with zero attached hydrogens (tertiary/aromatic N) is 1. The second-order valence-corrected chi connectivity index (χ2v) is 4.88. The Balaban J connectivity index is 3.71. The van der Waals surface area contributed by atoms with Gasteiger partial charge in [0.15, 0.2) is 0 Å². The van der Waals surface area contributed by atoms with Crippen LogP contribution in [0.15, 0.2) is 0 Å². The number of carbonyl (C=O) groups excluding carboxylic acids is 1. The van der Waals surface area contributed by atoms with Gasteiger partial charge in [0.2, 0.25) is 5.91 Å². The number of unbranched alkanes of at least 4 members (excludes halogenated alkanes) is 3. The Bertz CT molecular complexity index is 195. The van der Waals surface area contributed by atoms with Crippen molar-refractivity contribution in [2.24, 2.45) is 5.73 Å². The standard InChI is InChI=1S/C14H30N2O/c1-4-6-7-8-11-16(13(3)17)12-9-10-14(15)5-2/h14H,4-12,15H2,1-3H3. The monoisotopic (exact) mass is 242 g/mol. The number of carbonyl (C=O) groups is 1. The Morgan fingerprint density at radius 1 is 1.12 bits per heavy atom. The van der Waals surface area contributed by atoms with Gasteiger partial charge in [0.25, 0.3) is 0 Å². The van der Waals surface area contributed by atoms with Gasteiger partial charge in [0.05, 0.1) is 0 Å². The molecule has 1 amide bonds. The lowest BCUT2D eigenvalue weighted by atomic mass is 10.1. The molecule has 0 aliphatic carbocycles. The Morgan fingerprint density at radius 3 is 2.29 bits per heavy atom. The molecule has 1 atom stereocenters. The smallest absolute Gasteiger partial charge is 0.219 e. The fraction of sp³-hybridized carbons (Fsp3) is 0.929. The molecular formula is C14H30N2O. The van der Waals surface area contributed by atoms with Gasteiger partial charge in [-0.25, -0.2) is 0 Å². The van der Waals surface area contributed by atoms with Crippen LogP contribution in [0.25, 0.3) is 0 Å².